The molecule has 0 saturated carbocycles. The van der Waals surface area contributed by atoms with Gasteiger partial charge >= 0.3 is 0 Å². The average molecular weight is 166 g/mol. The van der Waals surface area contributed by atoms with E-state index in [2.05, 4.69) is 26.1 Å². The standard InChI is InChI=1S/C8H19N.ClH/c1-4-5-6-9-7-8(2)3;/h8-9H,4-7H2,1-3H3;1H. The molecule has 0 aromatic heterocycles. The predicted octanol–water partition coefficient (Wildman–Crippen LogP) is -1.99. The number of unbranched alkanes of at least 4 members (excludes halogenated alkanes) is 1. The van der Waals surface area contributed by atoms with Crippen molar-refractivity contribution >= 4 is 0 Å². The molecular weight excluding hydrogens is 146 g/mol. The van der Waals surface area contributed by atoms with Gasteiger partial charge < -0.3 is 17.7 Å². The zero-order chi connectivity index (χ0) is 7.11. The van der Waals surface area contributed by atoms with E-state index in [1.807, 2.05) is 0 Å². The van der Waals surface area contributed by atoms with E-state index in [1.54, 1.807) is 0 Å². The Kier molecular flexibility index (Phi) is 11.9. The van der Waals surface area contributed by atoms with Crippen molar-refractivity contribution in [3.05, 3.63) is 0 Å². The van der Waals surface area contributed by atoms with Crippen molar-refractivity contribution in [2.45, 2.75) is 33.6 Å². The van der Waals surface area contributed by atoms with E-state index in [4.69, 9.17) is 0 Å². The molecule has 0 radical (unpaired) electrons. The molecule has 0 aliphatic carbocycles. The number of hydrogen-bond acceptors (Lipinski definition) is 0. The van der Waals surface area contributed by atoms with Gasteiger partial charge in [0.1, 0.15) is 0 Å². The second-order valence-corrected chi connectivity index (χ2v) is 3.06. The van der Waals surface area contributed by atoms with Crippen LogP contribution >= 0.6 is 0 Å². The number of rotatable bonds is 5. The Hall–Kier alpha value is 0.250. The minimum absolute atomic E-state index is 0. The van der Waals surface area contributed by atoms with Crippen LogP contribution < -0.4 is 17.7 Å². The fraction of sp³-hybridized carbons (Fsp3) is 1.00. The minimum atomic E-state index is 0. The Balaban J connectivity index is 0. The van der Waals surface area contributed by atoms with Crippen LogP contribution in [0.4, 0.5) is 0 Å². The van der Waals surface area contributed by atoms with Crippen LogP contribution in [-0.2, 0) is 0 Å². The Labute approximate surface area is 71.0 Å². The summed E-state index contributed by atoms with van der Waals surface area (Å²) in [6.07, 6.45) is 2.70. The second kappa shape index (κ2) is 9.25. The van der Waals surface area contributed by atoms with Crippen LogP contribution in [0.15, 0.2) is 0 Å². The maximum atomic E-state index is 2.41. The van der Waals surface area contributed by atoms with Gasteiger partial charge in [-0.15, -0.1) is 0 Å². The van der Waals surface area contributed by atoms with Crippen molar-refractivity contribution in [1.82, 2.24) is 0 Å². The molecule has 0 fully saturated rings. The van der Waals surface area contributed by atoms with Gasteiger partial charge in [0.05, 0.1) is 13.1 Å². The first-order valence-electron chi connectivity index (χ1n) is 4.09. The van der Waals surface area contributed by atoms with Gasteiger partial charge in [0.2, 0.25) is 0 Å². The maximum Gasteiger partial charge on any atom is 0.0778 e. The number of quaternary nitrogens is 1. The lowest BCUT2D eigenvalue weighted by Gasteiger charge is -2.01. The number of halogens is 1. The highest BCUT2D eigenvalue weighted by Gasteiger charge is 1.93. The first-order chi connectivity index (χ1) is 4.27. The normalized spacial score (nSPS) is 9.60. The highest BCUT2D eigenvalue weighted by Crippen LogP contribution is 1.83. The van der Waals surface area contributed by atoms with Crippen LogP contribution in [0.25, 0.3) is 0 Å². The van der Waals surface area contributed by atoms with Crippen LogP contribution in [0.2, 0.25) is 0 Å². The molecule has 0 aliphatic heterocycles. The Morgan fingerprint density at radius 2 is 1.90 bits per heavy atom. The van der Waals surface area contributed by atoms with E-state index in [-0.39, 0.29) is 12.4 Å². The molecule has 0 rings (SSSR count). The summed E-state index contributed by atoms with van der Waals surface area (Å²) >= 11 is 0. The minimum Gasteiger partial charge on any atom is -1.00 e. The fourth-order valence-electron chi connectivity index (χ4n) is 0.800. The summed E-state index contributed by atoms with van der Waals surface area (Å²) in [6.45, 7) is 9.38. The van der Waals surface area contributed by atoms with Crippen LogP contribution in [-0.4, -0.2) is 13.1 Å². The Morgan fingerprint density at radius 1 is 1.30 bits per heavy atom. The van der Waals surface area contributed by atoms with Gasteiger partial charge in [0.15, 0.2) is 0 Å². The molecule has 0 aromatic rings. The second-order valence-electron chi connectivity index (χ2n) is 3.06. The summed E-state index contributed by atoms with van der Waals surface area (Å²) in [6, 6.07) is 0. The molecule has 0 spiro atoms. The quantitative estimate of drug-likeness (QED) is 0.455. The smallest absolute Gasteiger partial charge is 0.0778 e. The van der Waals surface area contributed by atoms with E-state index in [0.717, 1.165) is 5.92 Å². The zero-order valence-electron chi connectivity index (χ0n) is 7.36. The molecule has 0 bridgehead atoms. The number of hydrogen-bond donors (Lipinski definition) is 1. The van der Waals surface area contributed by atoms with Crippen molar-refractivity contribution in [3.8, 4) is 0 Å². The van der Waals surface area contributed by atoms with Crippen LogP contribution in [0.3, 0.4) is 0 Å². The molecule has 0 unspecified atom stereocenters. The summed E-state index contributed by atoms with van der Waals surface area (Å²) in [5, 5.41) is 2.41. The fourth-order valence-corrected chi connectivity index (χ4v) is 0.800. The molecule has 0 amide bonds. The SMILES string of the molecule is CCCC[NH2+]CC(C)C.[Cl-]. The molecule has 1 nitrogen and oxygen atoms in total. The van der Waals surface area contributed by atoms with Gasteiger partial charge in [-0.3, -0.25) is 0 Å². The molecule has 2 N–H and O–H groups in total. The molecule has 0 atom stereocenters. The summed E-state index contributed by atoms with van der Waals surface area (Å²) in [7, 11) is 0. The molecule has 0 aromatic carbocycles. The van der Waals surface area contributed by atoms with E-state index < -0.39 is 0 Å². The van der Waals surface area contributed by atoms with Gasteiger partial charge in [0.25, 0.3) is 0 Å². The highest BCUT2D eigenvalue weighted by molar-refractivity contribution is 4.34. The van der Waals surface area contributed by atoms with Gasteiger partial charge in [-0.1, -0.05) is 27.2 Å². The van der Waals surface area contributed by atoms with Gasteiger partial charge in [-0.05, 0) is 6.42 Å². The largest absolute Gasteiger partial charge is 1.00 e. The molecule has 2 heteroatoms. The predicted molar refractivity (Wildman–Crippen MR) is 41.4 cm³/mol. The Morgan fingerprint density at radius 3 is 2.30 bits per heavy atom. The lowest BCUT2D eigenvalue weighted by Crippen LogP contribution is -3.00. The van der Waals surface area contributed by atoms with E-state index >= 15 is 0 Å². The van der Waals surface area contributed by atoms with Crippen molar-refractivity contribution in [2.24, 2.45) is 5.92 Å². The number of nitrogens with two attached hydrogens (primary N) is 1. The van der Waals surface area contributed by atoms with Gasteiger partial charge in [0, 0.05) is 5.92 Å². The van der Waals surface area contributed by atoms with E-state index in [0.29, 0.717) is 0 Å². The lowest BCUT2D eigenvalue weighted by molar-refractivity contribution is -0.659. The molecule has 10 heavy (non-hydrogen) atoms. The van der Waals surface area contributed by atoms with Crippen LogP contribution in [0, 0.1) is 5.92 Å². The molecular formula is C8H20ClN. The van der Waals surface area contributed by atoms with Gasteiger partial charge in [-0.25, -0.2) is 0 Å². The molecule has 0 heterocycles. The maximum absolute atomic E-state index is 2.41. The summed E-state index contributed by atoms with van der Waals surface area (Å²) < 4.78 is 0. The first-order valence-corrected chi connectivity index (χ1v) is 4.09. The zero-order valence-corrected chi connectivity index (χ0v) is 8.12. The van der Waals surface area contributed by atoms with Crippen molar-refractivity contribution in [1.29, 1.82) is 0 Å². The molecule has 0 aliphatic rings. The lowest BCUT2D eigenvalue weighted by atomic mass is 10.2. The average Bonchev–Trinajstić information content (AvgIpc) is 1.80. The van der Waals surface area contributed by atoms with Crippen molar-refractivity contribution in [3.63, 3.8) is 0 Å². The third-order valence-corrected chi connectivity index (χ3v) is 1.40. The van der Waals surface area contributed by atoms with Crippen LogP contribution in [0.1, 0.15) is 33.6 Å². The molecule has 64 valence electrons. The van der Waals surface area contributed by atoms with Crippen LogP contribution in [0.5, 0.6) is 0 Å². The topological polar surface area (TPSA) is 16.6 Å². The van der Waals surface area contributed by atoms with E-state index in [1.165, 1.54) is 25.9 Å². The van der Waals surface area contributed by atoms with Gasteiger partial charge in [-0.2, -0.15) is 0 Å². The third kappa shape index (κ3) is 11.1. The monoisotopic (exact) mass is 165 g/mol. The molecule has 0 saturated heterocycles. The first kappa shape index (κ1) is 12.9. The highest BCUT2D eigenvalue weighted by atomic mass is 35.5. The third-order valence-electron chi connectivity index (χ3n) is 1.40. The Bertz CT molecular complexity index is 55.2. The van der Waals surface area contributed by atoms with E-state index in [9.17, 15) is 0 Å². The summed E-state index contributed by atoms with van der Waals surface area (Å²) in [5.41, 5.74) is 0. The summed E-state index contributed by atoms with van der Waals surface area (Å²) in [4.78, 5) is 0. The van der Waals surface area contributed by atoms with Crippen molar-refractivity contribution in [2.75, 3.05) is 13.1 Å². The van der Waals surface area contributed by atoms with Crippen molar-refractivity contribution < 1.29 is 17.7 Å². The summed E-state index contributed by atoms with van der Waals surface area (Å²) in [5.74, 6) is 0.849.